The lowest BCUT2D eigenvalue weighted by molar-refractivity contribution is 0.102. The van der Waals surface area contributed by atoms with Crippen LogP contribution < -0.4 is 5.32 Å². The number of amides is 1. The molecule has 2 nitrogen and oxygen atoms in total. The third kappa shape index (κ3) is 2.63. The van der Waals surface area contributed by atoms with Crippen LogP contribution in [0, 0.1) is 6.92 Å². The average Bonchev–Trinajstić information content (AvgIpc) is 2.89. The van der Waals surface area contributed by atoms with Crippen molar-refractivity contribution in [2.24, 2.45) is 0 Å². The van der Waals surface area contributed by atoms with Gasteiger partial charge in [-0.1, -0.05) is 22.0 Å². The van der Waals surface area contributed by atoms with Gasteiger partial charge in [-0.3, -0.25) is 4.79 Å². The number of carbonyl (C=O) groups is 1. The van der Waals surface area contributed by atoms with Crippen molar-refractivity contribution in [2.45, 2.75) is 26.2 Å². The molecule has 1 amide bonds. The Morgan fingerprint density at radius 2 is 1.90 bits per heavy atom. The van der Waals surface area contributed by atoms with Crippen LogP contribution in [-0.2, 0) is 12.8 Å². The molecule has 0 spiro atoms. The lowest BCUT2D eigenvalue weighted by atomic mass is 10.1. The standard InChI is InChI=1S/C17H16BrNO/c1-11-9-15(18)7-8-16(11)19-17(20)14-6-5-12-3-2-4-13(12)10-14/h5-10H,2-4H2,1H3,(H,19,20). The Labute approximate surface area is 127 Å². The molecule has 0 fully saturated rings. The van der Waals surface area contributed by atoms with Crippen molar-refractivity contribution >= 4 is 27.5 Å². The summed E-state index contributed by atoms with van der Waals surface area (Å²) in [6.45, 7) is 1.99. The molecule has 0 heterocycles. The van der Waals surface area contributed by atoms with Gasteiger partial charge in [0.2, 0.25) is 0 Å². The maximum atomic E-state index is 12.3. The summed E-state index contributed by atoms with van der Waals surface area (Å²) in [5.41, 5.74) is 5.37. The van der Waals surface area contributed by atoms with Crippen LogP contribution in [0.2, 0.25) is 0 Å². The molecular weight excluding hydrogens is 314 g/mol. The normalized spacial score (nSPS) is 13.1. The van der Waals surface area contributed by atoms with Crippen LogP contribution in [0.5, 0.6) is 0 Å². The highest BCUT2D eigenvalue weighted by Gasteiger charge is 2.14. The van der Waals surface area contributed by atoms with Crippen LogP contribution in [0.3, 0.4) is 0 Å². The first-order valence-electron chi connectivity index (χ1n) is 6.83. The van der Waals surface area contributed by atoms with Crippen LogP contribution in [0.4, 0.5) is 5.69 Å². The maximum Gasteiger partial charge on any atom is 0.255 e. The monoisotopic (exact) mass is 329 g/mol. The number of halogens is 1. The van der Waals surface area contributed by atoms with Gasteiger partial charge in [-0.2, -0.15) is 0 Å². The Hall–Kier alpha value is -1.61. The third-order valence-electron chi connectivity index (χ3n) is 3.80. The molecule has 0 aliphatic heterocycles. The number of anilines is 1. The molecule has 1 N–H and O–H groups in total. The summed E-state index contributed by atoms with van der Waals surface area (Å²) in [5.74, 6) is -0.0369. The van der Waals surface area contributed by atoms with Gasteiger partial charge in [-0.25, -0.2) is 0 Å². The summed E-state index contributed by atoms with van der Waals surface area (Å²) < 4.78 is 1.02. The molecule has 0 saturated heterocycles. The van der Waals surface area contributed by atoms with E-state index >= 15 is 0 Å². The van der Waals surface area contributed by atoms with Gasteiger partial charge in [0.1, 0.15) is 0 Å². The Morgan fingerprint density at radius 1 is 1.10 bits per heavy atom. The zero-order valence-electron chi connectivity index (χ0n) is 11.4. The van der Waals surface area contributed by atoms with E-state index in [2.05, 4.69) is 27.3 Å². The Morgan fingerprint density at radius 3 is 2.70 bits per heavy atom. The Bertz CT molecular complexity index is 679. The molecule has 3 heteroatoms. The quantitative estimate of drug-likeness (QED) is 0.863. The summed E-state index contributed by atoms with van der Waals surface area (Å²) in [6, 6.07) is 11.9. The van der Waals surface area contributed by atoms with E-state index < -0.39 is 0 Å². The van der Waals surface area contributed by atoms with Gasteiger partial charge in [-0.15, -0.1) is 0 Å². The molecule has 3 rings (SSSR count). The summed E-state index contributed by atoms with van der Waals surface area (Å²) in [5, 5.41) is 2.99. The smallest absolute Gasteiger partial charge is 0.255 e. The van der Waals surface area contributed by atoms with Gasteiger partial charge in [0.05, 0.1) is 0 Å². The second-order valence-electron chi connectivity index (χ2n) is 5.25. The first kappa shape index (κ1) is 13.4. The summed E-state index contributed by atoms with van der Waals surface area (Å²) in [4.78, 5) is 12.3. The highest BCUT2D eigenvalue weighted by molar-refractivity contribution is 9.10. The zero-order valence-corrected chi connectivity index (χ0v) is 13.0. The van der Waals surface area contributed by atoms with Crippen molar-refractivity contribution in [2.75, 3.05) is 5.32 Å². The van der Waals surface area contributed by atoms with Gasteiger partial charge in [-0.05, 0) is 73.2 Å². The Balaban J connectivity index is 1.82. The molecule has 1 aliphatic rings. The highest BCUT2D eigenvalue weighted by atomic mass is 79.9. The van der Waals surface area contributed by atoms with Gasteiger partial charge in [0.15, 0.2) is 0 Å². The minimum atomic E-state index is -0.0369. The van der Waals surface area contributed by atoms with Crippen molar-refractivity contribution < 1.29 is 4.79 Å². The van der Waals surface area contributed by atoms with E-state index in [1.54, 1.807) is 0 Å². The average molecular weight is 330 g/mol. The Kier molecular flexibility index (Phi) is 3.62. The van der Waals surface area contributed by atoms with E-state index in [0.29, 0.717) is 0 Å². The van der Waals surface area contributed by atoms with Crippen molar-refractivity contribution in [3.8, 4) is 0 Å². The highest BCUT2D eigenvalue weighted by Crippen LogP contribution is 2.24. The number of aryl methyl sites for hydroxylation is 3. The number of hydrogen-bond acceptors (Lipinski definition) is 1. The van der Waals surface area contributed by atoms with Gasteiger partial charge < -0.3 is 5.32 Å². The van der Waals surface area contributed by atoms with Crippen molar-refractivity contribution in [1.82, 2.24) is 0 Å². The van der Waals surface area contributed by atoms with Crippen LogP contribution in [0.25, 0.3) is 0 Å². The van der Waals surface area contributed by atoms with Crippen LogP contribution in [0.1, 0.15) is 33.5 Å². The number of benzene rings is 2. The number of fused-ring (bicyclic) bond motifs is 1. The molecule has 0 atom stereocenters. The minimum absolute atomic E-state index is 0.0369. The molecule has 0 radical (unpaired) electrons. The van der Waals surface area contributed by atoms with Gasteiger partial charge >= 0.3 is 0 Å². The van der Waals surface area contributed by atoms with E-state index in [-0.39, 0.29) is 5.91 Å². The lowest BCUT2D eigenvalue weighted by Gasteiger charge is -2.10. The first-order chi connectivity index (χ1) is 9.63. The van der Waals surface area contributed by atoms with Crippen LogP contribution in [0.15, 0.2) is 40.9 Å². The number of rotatable bonds is 2. The van der Waals surface area contributed by atoms with Gasteiger partial charge in [0, 0.05) is 15.7 Å². The number of carbonyl (C=O) groups excluding carboxylic acids is 1. The predicted octanol–water partition coefficient (Wildman–Crippen LogP) is 4.50. The first-order valence-corrected chi connectivity index (χ1v) is 7.62. The fraction of sp³-hybridized carbons (Fsp3) is 0.235. The largest absolute Gasteiger partial charge is 0.322 e. The minimum Gasteiger partial charge on any atom is -0.322 e. The zero-order chi connectivity index (χ0) is 14.1. The molecule has 0 saturated carbocycles. The fourth-order valence-corrected chi connectivity index (χ4v) is 3.15. The van der Waals surface area contributed by atoms with E-state index in [1.807, 2.05) is 37.3 Å². The van der Waals surface area contributed by atoms with Crippen LogP contribution in [-0.4, -0.2) is 5.91 Å². The molecule has 20 heavy (non-hydrogen) atoms. The number of nitrogens with one attached hydrogen (secondary N) is 1. The van der Waals surface area contributed by atoms with Gasteiger partial charge in [0.25, 0.3) is 5.91 Å². The summed E-state index contributed by atoms with van der Waals surface area (Å²) in [6.07, 6.45) is 3.43. The second kappa shape index (κ2) is 5.41. The maximum absolute atomic E-state index is 12.3. The molecule has 0 aromatic heterocycles. The molecule has 0 unspecified atom stereocenters. The van der Waals surface area contributed by atoms with Crippen molar-refractivity contribution in [3.63, 3.8) is 0 Å². The van der Waals surface area contributed by atoms with E-state index in [4.69, 9.17) is 0 Å². The predicted molar refractivity (Wildman–Crippen MR) is 85.3 cm³/mol. The fourth-order valence-electron chi connectivity index (χ4n) is 2.67. The van der Waals surface area contributed by atoms with E-state index in [1.165, 1.54) is 17.5 Å². The topological polar surface area (TPSA) is 29.1 Å². The van der Waals surface area contributed by atoms with Crippen molar-refractivity contribution in [1.29, 1.82) is 0 Å². The summed E-state index contributed by atoms with van der Waals surface area (Å²) >= 11 is 3.43. The van der Waals surface area contributed by atoms with Crippen molar-refractivity contribution in [3.05, 3.63) is 63.1 Å². The molecule has 1 aliphatic carbocycles. The SMILES string of the molecule is Cc1cc(Br)ccc1NC(=O)c1ccc2c(c1)CCC2. The third-order valence-corrected chi connectivity index (χ3v) is 4.29. The molecule has 2 aromatic carbocycles. The molecule has 0 bridgehead atoms. The molecule has 102 valence electrons. The van der Waals surface area contributed by atoms with Crippen LogP contribution >= 0.6 is 15.9 Å². The van der Waals surface area contributed by atoms with E-state index in [9.17, 15) is 4.79 Å². The summed E-state index contributed by atoms with van der Waals surface area (Å²) in [7, 11) is 0. The lowest BCUT2D eigenvalue weighted by Crippen LogP contribution is -2.13. The molecule has 2 aromatic rings. The molecular formula is C17H16BrNO. The van der Waals surface area contributed by atoms with E-state index in [0.717, 1.165) is 34.1 Å². The number of hydrogen-bond donors (Lipinski definition) is 1. The second-order valence-corrected chi connectivity index (χ2v) is 6.17.